The third kappa shape index (κ3) is 2.81. The lowest BCUT2D eigenvalue weighted by atomic mass is 10.1. The quantitative estimate of drug-likeness (QED) is 0.877. The number of fused-ring (bicyclic) bond motifs is 1. The van der Waals surface area contributed by atoms with Gasteiger partial charge in [-0.15, -0.1) is 22.9 Å². The van der Waals surface area contributed by atoms with Crippen molar-refractivity contribution in [3.63, 3.8) is 0 Å². The van der Waals surface area contributed by atoms with Crippen LogP contribution in [0.4, 0.5) is 5.00 Å². The third-order valence-corrected chi connectivity index (χ3v) is 4.48. The maximum atomic E-state index is 11.9. The molecular formula is C13H14ClN3O3S. The van der Waals surface area contributed by atoms with Crippen LogP contribution in [0.2, 0.25) is 0 Å². The zero-order valence-electron chi connectivity index (χ0n) is 11.6. The zero-order chi connectivity index (χ0) is 15.0. The van der Waals surface area contributed by atoms with Gasteiger partial charge in [0, 0.05) is 4.88 Å². The summed E-state index contributed by atoms with van der Waals surface area (Å²) in [7, 11) is 0. The maximum absolute atomic E-state index is 11.9. The van der Waals surface area contributed by atoms with Crippen molar-refractivity contribution in [3.8, 4) is 11.5 Å². The Morgan fingerprint density at radius 3 is 3.00 bits per heavy atom. The molecule has 3 rings (SSSR count). The lowest BCUT2D eigenvalue weighted by Gasteiger charge is -2.12. The molecule has 1 atom stereocenters. The molecule has 1 aliphatic rings. The SMILES string of the molecule is Cc1noc(-c2c(NC(=O)C(C)Cl)sc3c2CCOC3)n1. The first-order valence-electron chi connectivity index (χ1n) is 6.54. The predicted octanol–water partition coefficient (Wildman–Crippen LogP) is 2.75. The summed E-state index contributed by atoms with van der Waals surface area (Å²) in [5.41, 5.74) is 1.90. The monoisotopic (exact) mass is 327 g/mol. The number of thiophene rings is 1. The number of carbonyl (C=O) groups excluding carboxylic acids is 1. The normalized spacial score (nSPS) is 15.6. The van der Waals surface area contributed by atoms with Crippen LogP contribution in [0.15, 0.2) is 4.52 Å². The summed E-state index contributed by atoms with van der Waals surface area (Å²) in [4.78, 5) is 17.2. The van der Waals surface area contributed by atoms with Crippen LogP contribution in [-0.4, -0.2) is 28.0 Å². The molecule has 2 aromatic heterocycles. The standard InChI is InChI=1S/C13H14ClN3O3S/c1-6(14)11(18)16-13-10(12-15-7(2)17-20-12)8-3-4-19-5-9(8)21-13/h6H,3-5H2,1-2H3,(H,16,18). The number of rotatable bonds is 3. The van der Waals surface area contributed by atoms with E-state index in [2.05, 4.69) is 15.5 Å². The summed E-state index contributed by atoms with van der Waals surface area (Å²) in [5.74, 6) is 0.720. The molecule has 3 heterocycles. The fourth-order valence-electron chi connectivity index (χ4n) is 2.16. The average Bonchev–Trinajstić information content (AvgIpc) is 3.01. The van der Waals surface area contributed by atoms with Gasteiger partial charge in [0.15, 0.2) is 5.82 Å². The summed E-state index contributed by atoms with van der Waals surface area (Å²) in [6.07, 6.45) is 0.759. The van der Waals surface area contributed by atoms with Crippen LogP contribution in [-0.2, 0) is 22.6 Å². The molecule has 0 fully saturated rings. The third-order valence-electron chi connectivity index (χ3n) is 3.16. The molecule has 2 aromatic rings. The Hall–Kier alpha value is -1.44. The van der Waals surface area contributed by atoms with E-state index >= 15 is 0 Å². The van der Waals surface area contributed by atoms with E-state index in [9.17, 15) is 4.79 Å². The highest BCUT2D eigenvalue weighted by Gasteiger charge is 2.27. The van der Waals surface area contributed by atoms with Crippen LogP contribution in [0.25, 0.3) is 11.5 Å². The van der Waals surface area contributed by atoms with Gasteiger partial charge in [0.1, 0.15) is 10.4 Å². The highest BCUT2D eigenvalue weighted by molar-refractivity contribution is 7.17. The Kier molecular flexibility index (Phi) is 3.97. The second-order valence-electron chi connectivity index (χ2n) is 4.76. The number of carbonyl (C=O) groups is 1. The van der Waals surface area contributed by atoms with Gasteiger partial charge in [-0.1, -0.05) is 5.16 Å². The molecule has 21 heavy (non-hydrogen) atoms. The Balaban J connectivity index is 2.06. The molecule has 0 aliphatic carbocycles. The molecule has 0 saturated heterocycles. The van der Waals surface area contributed by atoms with E-state index < -0.39 is 5.38 Å². The van der Waals surface area contributed by atoms with E-state index in [1.54, 1.807) is 13.8 Å². The maximum Gasteiger partial charge on any atom is 0.261 e. The fraction of sp³-hybridized carbons (Fsp3) is 0.462. The van der Waals surface area contributed by atoms with Gasteiger partial charge in [0.05, 0.1) is 18.8 Å². The lowest BCUT2D eigenvalue weighted by molar-refractivity contribution is -0.115. The van der Waals surface area contributed by atoms with Gasteiger partial charge in [-0.25, -0.2) is 0 Å². The smallest absolute Gasteiger partial charge is 0.261 e. The van der Waals surface area contributed by atoms with E-state index in [4.69, 9.17) is 20.9 Å². The van der Waals surface area contributed by atoms with Crippen molar-refractivity contribution in [1.82, 2.24) is 10.1 Å². The zero-order valence-corrected chi connectivity index (χ0v) is 13.2. The molecule has 1 amide bonds. The predicted molar refractivity (Wildman–Crippen MR) is 79.7 cm³/mol. The topological polar surface area (TPSA) is 77.2 Å². The Morgan fingerprint density at radius 2 is 2.33 bits per heavy atom. The van der Waals surface area contributed by atoms with E-state index in [1.165, 1.54) is 11.3 Å². The van der Waals surface area contributed by atoms with E-state index in [0.29, 0.717) is 29.9 Å². The second kappa shape index (κ2) is 5.75. The minimum absolute atomic E-state index is 0.256. The number of halogens is 1. The van der Waals surface area contributed by atoms with Crippen LogP contribution in [0.3, 0.4) is 0 Å². The lowest BCUT2D eigenvalue weighted by Crippen LogP contribution is -2.20. The number of nitrogens with one attached hydrogen (secondary N) is 1. The molecule has 0 radical (unpaired) electrons. The molecule has 1 N–H and O–H groups in total. The highest BCUT2D eigenvalue weighted by atomic mass is 35.5. The van der Waals surface area contributed by atoms with Gasteiger partial charge in [-0.05, 0) is 25.8 Å². The molecule has 1 aliphatic heterocycles. The van der Waals surface area contributed by atoms with Gasteiger partial charge in [0.25, 0.3) is 5.89 Å². The van der Waals surface area contributed by atoms with Crippen molar-refractivity contribution in [1.29, 1.82) is 0 Å². The Labute approximate surface area is 130 Å². The minimum Gasteiger partial charge on any atom is -0.376 e. The number of amides is 1. The highest BCUT2D eigenvalue weighted by Crippen LogP contribution is 2.42. The molecule has 0 bridgehead atoms. The van der Waals surface area contributed by atoms with E-state index in [1.807, 2.05) is 0 Å². The first kappa shape index (κ1) is 14.5. The Bertz CT molecular complexity index is 680. The number of hydrogen-bond acceptors (Lipinski definition) is 6. The minimum atomic E-state index is -0.613. The van der Waals surface area contributed by atoms with Crippen LogP contribution in [0.1, 0.15) is 23.2 Å². The number of aromatic nitrogens is 2. The van der Waals surface area contributed by atoms with Crippen molar-refractivity contribution >= 4 is 33.8 Å². The van der Waals surface area contributed by atoms with Gasteiger partial charge in [0.2, 0.25) is 5.91 Å². The number of aryl methyl sites for hydroxylation is 1. The van der Waals surface area contributed by atoms with Crippen molar-refractivity contribution < 1.29 is 14.1 Å². The first-order chi connectivity index (χ1) is 10.1. The number of ether oxygens (including phenoxy) is 1. The van der Waals surface area contributed by atoms with Gasteiger partial charge >= 0.3 is 0 Å². The molecule has 0 saturated carbocycles. The van der Waals surface area contributed by atoms with Crippen molar-refractivity contribution in [3.05, 3.63) is 16.3 Å². The largest absolute Gasteiger partial charge is 0.376 e. The van der Waals surface area contributed by atoms with Crippen LogP contribution in [0.5, 0.6) is 0 Å². The molecule has 0 spiro atoms. The summed E-state index contributed by atoms with van der Waals surface area (Å²) >= 11 is 7.29. The molecule has 0 aromatic carbocycles. The average molecular weight is 328 g/mol. The van der Waals surface area contributed by atoms with E-state index in [0.717, 1.165) is 22.4 Å². The fourth-order valence-corrected chi connectivity index (χ4v) is 3.39. The van der Waals surface area contributed by atoms with Crippen molar-refractivity contribution in [2.75, 3.05) is 11.9 Å². The molecule has 112 valence electrons. The summed E-state index contributed by atoms with van der Waals surface area (Å²) < 4.78 is 10.7. The van der Waals surface area contributed by atoms with Crippen LogP contribution in [0, 0.1) is 6.92 Å². The summed E-state index contributed by atoms with van der Waals surface area (Å²) in [6, 6.07) is 0. The summed E-state index contributed by atoms with van der Waals surface area (Å²) in [6.45, 7) is 4.56. The van der Waals surface area contributed by atoms with Gasteiger partial charge in [-0.2, -0.15) is 4.98 Å². The van der Waals surface area contributed by atoms with E-state index in [-0.39, 0.29) is 5.91 Å². The first-order valence-corrected chi connectivity index (χ1v) is 7.79. The summed E-state index contributed by atoms with van der Waals surface area (Å²) in [5, 5.41) is 6.74. The number of alkyl halides is 1. The van der Waals surface area contributed by atoms with Crippen LogP contribution >= 0.6 is 22.9 Å². The Morgan fingerprint density at radius 1 is 1.52 bits per heavy atom. The molecular weight excluding hydrogens is 314 g/mol. The molecule has 8 heteroatoms. The van der Waals surface area contributed by atoms with Gasteiger partial charge < -0.3 is 14.6 Å². The second-order valence-corrected chi connectivity index (χ2v) is 6.52. The van der Waals surface area contributed by atoms with Crippen molar-refractivity contribution in [2.45, 2.75) is 32.3 Å². The molecule has 1 unspecified atom stereocenters. The number of hydrogen-bond donors (Lipinski definition) is 1. The van der Waals surface area contributed by atoms with Crippen molar-refractivity contribution in [2.24, 2.45) is 0 Å². The number of nitrogens with zero attached hydrogens (tertiary/aromatic N) is 2. The van der Waals surface area contributed by atoms with Gasteiger partial charge in [-0.3, -0.25) is 4.79 Å². The van der Waals surface area contributed by atoms with Crippen LogP contribution < -0.4 is 5.32 Å². The number of anilines is 1. The molecule has 6 nitrogen and oxygen atoms in total.